The third kappa shape index (κ3) is 8.43. The summed E-state index contributed by atoms with van der Waals surface area (Å²) in [6, 6.07) is 7.63. The molecule has 0 spiro atoms. The quantitative estimate of drug-likeness (QED) is 0.562. The first kappa shape index (κ1) is 26.2. The Kier molecular flexibility index (Phi) is 10.2. The number of nitrogens with one attached hydrogen (secondary N) is 1. The monoisotopic (exact) mass is 474 g/mol. The van der Waals surface area contributed by atoms with Crippen molar-refractivity contribution >= 4 is 35.2 Å². The van der Waals surface area contributed by atoms with Crippen molar-refractivity contribution in [1.82, 2.24) is 15.3 Å². The van der Waals surface area contributed by atoms with Gasteiger partial charge in [-0.1, -0.05) is 30.7 Å². The lowest BCUT2D eigenvalue weighted by Crippen LogP contribution is -2.43. The molecule has 178 valence electrons. The van der Waals surface area contributed by atoms with Crippen LogP contribution in [0.2, 0.25) is 5.02 Å². The number of nitrogens with zero attached hydrogens (tertiary/aromatic N) is 2. The fraction of sp³-hybridized carbons (Fsp3) is 0.500. The molecule has 33 heavy (non-hydrogen) atoms. The Morgan fingerprint density at radius 2 is 1.97 bits per heavy atom. The van der Waals surface area contributed by atoms with Gasteiger partial charge in [-0.05, 0) is 30.5 Å². The summed E-state index contributed by atoms with van der Waals surface area (Å²) >= 11 is 5.96. The predicted molar refractivity (Wildman–Crippen MR) is 126 cm³/mol. The number of halogens is 1. The van der Waals surface area contributed by atoms with Gasteiger partial charge in [-0.15, -0.1) is 12.3 Å². The van der Waals surface area contributed by atoms with Crippen LogP contribution in [0.5, 0.6) is 0 Å². The summed E-state index contributed by atoms with van der Waals surface area (Å²) in [5, 5.41) is 2.01. The highest BCUT2D eigenvalue weighted by molar-refractivity contribution is 6.30. The van der Waals surface area contributed by atoms with E-state index in [1.165, 1.54) is 5.01 Å². The van der Waals surface area contributed by atoms with Crippen molar-refractivity contribution in [2.45, 2.75) is 51.4 Å². The number of benzene rings is 1. The summed E-state index contributed by atoms with van der Waals surface area (Å²) < 4.78 is 0. The van der Waals surface area contributed by atoms with Crippen LogP contribution in [0, 0.1) is 18.3 Å². The van der Waals surface area contributed by atoms with Crippen molar-refractivity contribution in [2.75, 3.05) is 19.6 Å². The molecule has 8 nitrogen and oxygen atoms in total. The van der Waals surface area contributed by atoms with E-state index in [9.17, 15) is 19.2 Å². The lowest BCUT2D eigenvalue weighted by molar-refractivity contribution is -0.138. The first-order chi connectivity index (χ1) is 15.7. The van der Waals surface area contributed by atoms with Gasteiger partial charge < -0.3 is 10.6 Å². The maximum absolute atomic E-state index is 11.9. The number of carbonyl (C=O) groups excluding carboxylic acids is 4. The molecule has 2 aliphatic heterocycles. The van der Waals surface area contributed by atoms with Gasteiger partial charge in [0.25, 0.3) is 0 Å². The van der Waals surface area contributed by atoms with Crippen LogP contribution >= 0.6 is 11.6 Å². The van der Waals surface area contributed by atoms with E-state index in [-0.39, 0.29) is 35.5 Å². The van der Waals surface area contributed by atoms with Gasteiger partial charge >= 0.3 is 0 Å². The number of rotatable bonds is 8. The highest BCUT2D eigenvalue weighted by Gasteiger charge is 2.30. The first-order valence-electron chi connectivity index (χ1n) is 11.1. The molecule has 2 heterocycles. The van der Waals surface area contributed by atoms with Gasteiger partial charge in [0.15, 0.2) is 0 Å². The summed E-state index contributed by atoms with van der Waals surface area (Å²) in [6.07, 6.45) is 8.21. The maximum Gasteiger partial charge on any atom is 0.242 e. The van der Waals surface area contributed by atoms with Crippen molar-refractivity contribution in [3.05, 3.63) is 34.9 Å². The van der Waals surface area contributed by atoms with E-state index in [4.69, 9.17) is 23.8 Å². The number of carbonyl (C=O) groups is 4. The Morgan fingerprint density at radius 1 is 1.21 bits per heavy atom. The molecular formula is C24H31ClN4O4. The molecule has 0 aromatic heterocycles. The second kappa shape index (κ2) is 12.9. The minimum absolute atomic E-state index is 0.0653. The second-order valence-electron chi connectivity index (χ2n) is 8.22. The summed E-state index contributed by atoms with van der Waals surface area (Å²) in [5.41, 5.74) is 8.73. The van der Waals surface area contributed by atoms with Gasteiger partial charge in [0.1, 0.15) is 0 Å². The summed E-state index contributed by atoms with van der Waals surface area (Å²) in [6.45, 7) is 3.64. The lowest BCUT2D eigenvalue weighted by Gasteiger charge is -2.16. The first-order valence-corrected chi connectivity index (χ1v) is 11.5. The zero-order chi connectivity index (χ0) is 24.4. The van der Waals surface area contributed by atoms with Crippen molar-refractivity contribution in [3.8, 4) is 12.3 Å². The number of primary amides is 1. The molecule has 0 bridgehead atoms. The van der Waals surface area contributed by atoms with E-state index in [0.29, 0.717) is 56.8 Å². The molecule has 3 rings (SSSR count). The fourth-order valence-electron chi connectivity index (χ4n) is 3.78. The molecule has 0 radical (unpaired) electrons. The number of amides is 4. The van der Waals surface area contributed by atoms with Gasteiger partial charge in [-0.25, -0.2) is 0 Å². The zero-order valence-corrected chi connectivity index (χ0v) is 19.6. The third-order valence-corrected chi connectivity index (χ3v) is 5.72. The summed E-state index contributed by atoms with van der Waals surface area (Å²) in [4.78, 5) is 46.9. The Bertz CT molecular complexity index is 914. The molecular weight excluding hydrogens is 444 g/mol. The average Bonchev–Trinajstić information content (AvgIpc) is 3.30. The zero-order valence-electron chi connectivity index (χ0n) is 18.9. The molecule has 2 unspecified atom stereocenters. The van der Waals surface area contributed by atoms with E-state index >= 15 is 0 Å². The van der Waals surface area contributed by atoms with Crippen LogP contribution in [-0.4, -0.2) is 53.2 Å². The molecule has 2 fully saturated rings. The van der Waals surface area contributed by atoms with Crippen LogP contribution in [0.1, 0.15) is 56.9 Å². The standard InChI is InChI=1S/C14H17ClN2O2.C10H14N2O2/c15-12-4-1-3-10(7-12)11-8-14(19)17(9-11)6-2-5-13(16)18;1-3-5-9(13)11-12-7-8(4-2)6-10(12)14/h1,3-4,7,11H,2,5-6,8-9H2,(H2,16,18);2,8H,3,5-7H2,1H3,(H,11,13). The minimum Gasteiger partial charge on any atom is -0.370 e. The molecule has 9 heteroatoms. The van der Waals surface area contributed by atoms with Crippen molar-refractivity contribution in [3.63, 3.8) is 0 Å². The Morgan fingerprint density at radius 3 is 2.58 bits per heavy atom. The number of hydrazine groups is 1. The predicted octanol–water partition coefficient (Wildman–Crippen LogP) is 2.22. The summed E-state index contributed by atoms with van der Waals surface area (Å²) in [5.74, 6) is 2.23. The van der Waals surface area contributed by atoms with E-state index in [1.807, 2.05) is 31.2 Å². The number of hydrogen-bond donors (Lipinski definition) is 2. The number of hydrogen-bond acceptors (Lipinski definition) is 4. The molecule has 1 aromatic rings. The Hall–Kier alpha value is -3.05. The minimum atomic E-state index is -0.321. The van der Waals surface area contributed by atoms with Crippen LogP contribution in [0.15, 0.2) is 24.3 Å². The van der Waals surface area contributed by atoms with Gasteiger partial charge in [-0.3, -0.25) is 29.6 Å². The molecule has 4 amide bonds. The van der Waals surface area contributed by atoms with Crippen LogP contribution in [0.4, 0.5) is 0 Å². The topological polar surface area (TPSA) is 113 Å². The van der Waals surface area contributed by atoms with E-state index < -0.39 is 0 Å². The highest BCUT2D eigenvalue weighted by Crippen LogP contribution is 2.29. The largest absolute Gasteiger partial charge is 0.370 e. The highest BCUT2D eigenvalue weighted by atomic mass is 35.5. The Labute approximate surface area is 199 Å². The molecule has 2 aliphatic rings. The number of likely N-dealkylation sites (tertiary alicyclic amines) is 1. The lowest BCUT2D eigenvalue weighted by atomic mass is 9.98. The van der Waals surface area contributed by atoms with E-state index in [1.54, 1.807) is 4.90 Å². The number of nitrogens with two attached hydrogens (primary N) is 1. The second-order valence-corrected chi connectivity index (χ2v) is 8.66. The number of terminal acetylenes is 1. The van der Waals surface area contributed by atoms with E-state index in [2.05, 4.69) is 11.3 Å². The molecule has 2 saturated heterocycles. The molecule has 3 N–H and O–H groups in total. The van der Waals surface area contributed by atoms with Crippen LogP contribution in [-0.2, 0) is 19.2 Å². The smallest absolute Gasteiger partial charge is 0.242 e. The van der Waals surface area contributed by atoms with Gasteiger partial charge in [0, 0.05) is 55.6 Å². The van der Waals surface area contributed by atoms with Crippen LogP contribution < -0.4 is 11.2 Å². The maximum atomic E-state index is 11.9. The van der Waals surface area contributed by atoms with Gasteiger partial charge in [0.05, 0.1) is 6.54 Å². The molecule has 2 atom stereocenters. The molecule has 0 aliphatic carbocycles. The van der Waals surface area contributed by atoms with Crippen molar-refractivity contribution in [1.29, 1.82) is 0 Å². The third-order valence-electron chi connectivity index (χ3n) is 5.48. The summed E-state index contributed by atoms with van der Waals surface area (Å²) in [7, 11) is 0. The molecule has 0 saturated carbocycles. The van der Waals surface area contributed by atoms with Crippen molar-refractivity contribution in [2.24, 2.45) is 11.7 Å². The van der Waals surface area contributed by atoms with Gasteiger partial charge in [0.2, 0.25) is 23.6 Å². The normalized spacial score (nSPS) is 19.7. The van der Waals surface area contributed by atoms with Gasteiger partial charge in [-0.2, -0.15) is 0 Å². The van der Waals surface area contributed by atoms with Crippen LogP contribution in [0.3, 0.4) is 0 Å². The van der Waals surface area contributed by atoms with Crippen LogP contribution in [0.25, 0.3) is 0 Å². The molecule has 1 aromatic carbocycles. The Balaban J connectivity index is 0.000000245. The fourth-order valence-corrected chi connectivity index (χ4v) is 3.98. The SMILES string of the molecule is C#CC1CC(=O)N(NC(=O)CCC)C1.NC(=O)CCCN1CC(c2cccc(Cl)c2)CC1=O. The van der Waals surface area contributed by atoms with Crippen molar-refractivity contribution < 1.29 is 19.2 Å². The van der Waals surface area contributed by atoms with E-state index in [0.717, 1.165) is 12.0 Å². The average molecular weight is 475 g/mol.